The van der Waals surface area contributed by atoms with Gasteiger partial charge < -0.3 is 9.59 Å². The summed E-state index contributed by atoms with van der Waals surface area (Å²) in [6, 6.07) is 0. The molecule has 0 aromatic rings. The molecule has 0 spiro atoms. The number of carbonyl (C=O) groups excluding carboxylic acids is 2. The van der Waals surface area contributed by atoms with E-state index in [0.717, 1.165) is 0 Å². The largest absolute Gasteiger partial charge is 0.307 e. The average molecular weight is 116 g/mol. The number of hydrogen-bond donors (Lipinski definition) is 0. The average Bonchev–Trinajstić information content (AvgIpc) is 1.50. The van der Waals surface area contributed by atoms with Crippen LogP contribution in [0.15, 0.2) is 0 Å². The van der Waals surface area contributed by atoms with Gasteiger partial charge in [-0.05, 0) is 0 Å². The summed E-state index contributed by atoms with van der Waals surface area (Å²) in [6.45, 7) is 4.00. The van der Waals surface area contributed by atoms with Gasteiger partial charge in [-0.25, -0.2) is 0 Å². The Labute approximate surface area is 41.0 Å². The van der Waals surface area contributed by atoms with Crippen molar-refractivity contribution in [2.45, 2.75) is 0 Å². The van der Waals surface area contributed by atoms with Crippen LogP contribution in [0, 0.1) is 0 Å². The SMILES string of the molecule is C=O.C=O.[Fe]. The zero-order chi connectivity index (χ0) is 4.00. The Balaban J connectivity index is -0.0000000133. The van der Waals surface area contributed by atoms with Crippen LogP contribution in [0.5, 0.6) is 0 Å². The Morgan fingerprint density at radius 1 is 0.800 bits per heavy atom. The summed E-state index contributed by atoms with van der Waals surface area (Å²) in [5.74, 6) is 0. The van der Waals surface area contributed by atoms with E-state index in [-0.39, 0.29) is 17.1 Å². The van der Waals surface area contributed by atoms with E-state index in [4.69, 9.17) is 9.59 Å². The van der Waals surface area contributed by atoms with Crippen LogP contribution >= 0.6 is 0 Å². The van der Waals surface area contributed by atoms with Crippen molar-refractivity contribution in [1.82, 2.24) is 0 Å². The van der Waals surface area contributed by atoms with Crippen molar-refractivity contribution in [3.8, 4) is 0 Å². The summed E-state index contributed by atoms with van der Waals surface area (Å²) in [4.78, 5) is 16.0. The summed E-state index contributed by atoms with van der Waals surface area (Å²) in [5, 5.41) is 0. The second kappa shape index (κ2) is 1600. The second-order valence-corrected chi connectivity index (χ2v) is 0. The van der Waals surface area contributed by atoms with Crippen LogP contribution in [-0.2, 0) is 26.7 Å². The Morgan fingerprint density at radius 2 is 0.800 bits per heavy atom. The molecule has 0 aliphatic rings. The maximum Gasteiger partial charge on any atom is 0.106 e. The van der Waals surface area contributed by atoms with Crippen molar-refractivity contribution in [3.05, 3.63) is 0 Å². The Bertz CT molecular complexity index is 9.61. The van der Waals surface area contributed by atoms with E-state index in [0.29, 0.717) is 0 Å². The maximum atomic E-state index is 8.00. The van der Waals surface area contributed by atoms with Crippen molar-refractivity contribution >= 4 is 13.6 Å². The molecule has 0 bridgehead atoms. The summed E-state index contributed by atoms with van der Waals surface area (Å²) in [6.07, 6.45) is 0. The minimum atomic E-state index is 0. The first-order valence-electron chi connectivity index (χ1n) is 0.577. The van der Waals surface area contributed by atoms with Crippen molar-refractivity contribution in [1.29, 1.82) is 0 Å². The van der Waals surface area contributed by atoms with E-state index in [1.54, 1.807) is 0 Å². The molecule has 0 radical (unpaired) electrons. The van der Waals surface area contributed by atoms with Crippen molar-refractivity contribution < 1.29 is 26.7 Å². The van der Waals surface area contributed by atoms with Gasteiger partial charge in [-0.15, -0.1) is 0 Å². The molecule has 0 unspecified atom stereocenters. The van der Waals surface area contributed by atoms with Crippen LogP contribution in [0.2, 0.25) is 0 Å². The predicted molar refractivity (Wildman–Crippen MR) is 14.2 cm³/mol. The van der Waals surface area contributed by atoms with Crippen molar-refractivity contribution in [3.63, 3.8) is 0 Å². The van der Waals surface area contributed by atoms with E-state index in [1.165, 1.54) is 0 Å². The van der Waals surface area contributed by atoms with Gasteiger partial charge in [0.25, 0.3) is 0 Å². The number of carbonyl (C=O) groups is 2. The normalized spacial score (nSPS) is 1.60. The van der Waals surface area contributed by atoms with Gasteiger partial charge in [-0.2, -0.15) is 0 Å². The van der Waals surface area contributed by atoms with E-state index in [9.17, 15) is 0 Å². The zero-order valence-electron chi connectivity index (χ0n) is 2.58. The summed E-state index contributed by atoms with van der Waals surface area (Å²) < 4.78 is 0. The summed E-state index contributed by atoms with van der Waals surface area (Å²) in [7, 11) is 0. The quantitative estimate of drug-likeness (QED) is 0.404. The minimum Gasteiger partial charge on any atom is -0.307 e. The molecular weight excluding hydrogens is 112 g/mol. The molecule has 2 nitrogen and oxygen atoms in total. The third kappa shape index (κ3) is 676. The molecule has 0 saturated carbocycles. The first kappa shape index (κ1) is 20.9. The van der Waals surface area contributed by atoms with Gasteiger partial charge in [0.1, 0.15) is 13.6 Å². The zero-order valence-corrected chi connectivity index (χ0v) is 3.69. The van der Waals surface area contributed by atoms with E-state index >= 15 is 0 Å². The Hall–Kier alpha value is -0.141. The van der Waals surface area contributed by atoms with E-state index in [1.807, 2.05) is 13.6 Å². The van der Waals surface area contributed by atoms with Crippen LogP contribution in [0.25, 0.3) is 0 Å². The van der Waals surface area contributed by atoms with Gasteiger partial charge in [-0.3, -0.25) is 0 Å². The number of hydrogen-bond acceptors (Lipinski definition) is 2. The molecule has 0 atom stereocenters. The monoisotopic (exact) mass is 116 g/mol. The molecule has 0 heterocycles. The third-order valence-corrected chi connectivity index (χ3v) is 0. The molecule has 0 fully saturated rings. The molecular formula is C2H4FeO2. The van der Waals surface area contributed by atoms with Crippen LogP contribution in [0.3, 0.4) is 0 Å². The first-order chi connectivity index (χ1) is 2.00. The molecule has 0 aliphatic heterocycles. The fraction of sp³-hybridized carbons (Fsp3) is 0. The number of rotatable bonds is 0. The van der Waals surface area contributed by atoms with Gasteiger partial charge in [0.05, 0.1) is 0 Å². The molecule has 0 saturated heterocycles. The van der Waals surface area contributed by atoms with Crippen LogP contribution < -0.4 is 0 Å². The molecule has 5 heavy (non-hydrogen) atoms. The third-order valence-electron chi connectivity index (χ3n) is 0. The fourth-order valence-electron chi connectivity index (χ4n) is 0. The van der Waals surface area contributed by atoms with Crippen LogP contribution in [0.1, 0.15) is 0 Å². The first-order valence-corrected chi connectivity index (χ1v) is 0.577. The maximum absolute atomic E-state index is 8.00. The smallest absolute Gasteiger partial charge is 0.106 e. The van der Waals surface area contributed by atoms with Crippen molar-refractivity contribution in [2.75, 3.05) is 0 Å². The second-order valence-electron chi connectivity index (χ2n) is 0. The van der Waals surface area contributed by atoms with E-state index < -0.39 is 0 Å². The molecule has 0 aliphatic carbocycles. The topological polar surface area (TPSA) is 34.1 Å². The molecule has 3 heteroatoms. The Kier molecular flexibility index (Phi) is 6690. The molecule has 0 amide bonds. The minimum absolute atomic E-state index is 0. The summed E-state index contributed by atoms with van der Waals surface area (Å²) in [5.41, 5.74) is 0. The van der Waals surface area contributed by atoms with Crippen LogP contribution in [-0.4, -0.2) is 13.6 Å². The molecule has 0 rings (SSSR count). The predicted octanol–water partition coefficient (Wildman–Crippen LogP) is -0.372. The standard InChI is InChI=1S/2CH2O.Fe/c2*1-2;/h2*1H2;. The molecule has 32 valence electrons. The van der Waals surface area contributed by atoms with Gasteiger partial charge >= 0.3 is 0 Å². The van der Waals surface area contributed by atoms with Crippen molar-refractivity contribution in [2.24, 2.45) is 0 Å². The van der Waals surface area contributed by atoms with Crippen LogP contribution in [0.4, 0.5) is 0 Å². The Morgan fingerprint density at radius 3 is 0.800 bits per heavy atom. The van der Waals surface area contributed by atoms with Gasteiger partial charge in [-0.1, -0.05) is 0 Å². The summed E-state index contributed by atoms with van der Waals surface area (Å²) >= 11 is 0. The van der Waals surface area contributed by atoms with Gasteiger partial charge in [0, 0.05) is 17.1 Å². The molecule has 0 N–H and O–H groups in total. The fourth-order valence-corrected chi connectivity index (χ4v) is 0. The van der Waals surface area contributed by atoms with E-state index in [2.05, 4.69) is 0 Å². The van der Waals surface area contributed by atoms with Gasteiger partial charge in [0.2, 0.25) is 0 Å². The molecule has 0 aromatic carbocycles. The van der Waals surface area contributed by atoms with Gasteiger partial charge in [0.15, 0.2) is 0 Å². The molecule has 0 aromatic heterocycles.